The van der Waals surface area contributed by atoms with Gasteiger partial charge in [0.1, 0.15) is 11.3 Å². The first-order valence-electron chi connectivity index (χ1n) is 8.92. The summed E-state index contributed by atoms with van der Waals surface area (Å²) in [7, 11) is 0. The zero-order chi connectivity index (χ0) is 19.0. The first-order chi connectivity index (χ1) is 13.0. The van der Waals surface area contributed by atoms with E-state index in [4.69, 9.17) is 26.5 Å². The molecule has 144 valence electrons. The van der Waals surface area contributed by atoms with Crippen LogP contribution in [0.4, 0.5) is 10.5 Å². The minimum atomic E-state index is -0.745. The van der Waals surface area contributed by atoms with Crippen molar-refractivity contribution in [3.05, 3.63) is 29.0 Å². The first-order valence-corrected chi connectivity index (χ1v) is 9.30. The number of hydrogen-bond donors (Lipinski definition) is 2. The Morgan fingerprint density at radius 1 is 1.22 bits per heavy atom. The van der Waals surface area contributed by atoms with Crippen LogP contribution in [-0.2, 0) is 4.74 Å². The lowest BCUT2D eigenvalue weighted by Crippen LogP contribution is -2.45. The summed E-state index contributed by atoms with van der Waals surface area (Å²) in [5.41, 5.74) is 6.12. The normalized spacial score (nSPS) is 20.9. The van der Waals surface area contributed by atoms with Crippen LogP contribution in [-0.4, -0.2) is 67.2 Å². The van der Waals surface area contributed by atoms with E-state index in [2.05, 4.69) is 10.2 Å². The molecule has 0 saturated carbocycles. The van der Waals surface area contributed by atoms with Crippen molar-refractivity contribution < 1.29 is 18.7 Å². The number of anilines is 1. The quantitative estimate of drug-likeness (QED) is 0.833. The number of furan rings is 1. The van der Waals surface area contributed by atoms with Crippen LogP contribution in [0.25, 0.3) is 11.0 Å². The number of likely N-dealkylation sites (tertiary alicyclic amines) is 1. The third kappa shape index (κ3) is 3.60. The van der Waals surface area contributed by atoms with Gasteiger partial charge in [-0.15, -0.1) is 0 Å². The van der Waals surface area contributed by atoms with E-state index in [-0.39, 0.29) is 17.5 Å². The van der Waals surface area contributed by atoms with Crippen molar-refractivity contribution in [1.82, 2.24) is 9.80 Å². The summed E-state index contributed by atoms with van der Waals surface area (Å²) >= 11 is 6.05. The molecule has 0 spiro atoms. The van der Waals surface area contributed by atoms with Gasteiger partial charge in [0.15, 0.2) is 0 Å². The van der Waals surface area contributed by atoms with Crippen LogP contribution in [0.2, 0.25) is 5.02 Å². The lowest BCUT2D eigenvalue weighted by Gasteiger charge is -2.32. The second-order valence-corrected chi connectivity index (χ2v) is 7.21. The molecule has 3 N–H and O–H groups in total. The number of ether oxygens (including phenoxy) is 1. The SMILES string of the molecule is NC(=O)c1oc2ccc(Cl)cc2c1NC(=O)N1CC[C@@H](N2CCOCC2)C1. The summed E-state index contributed by atoms with van der Waals surface area (Å²) in [5, 5.41) is 3.82. The van der Waals surface area contributed by atoms with E-state index in [1.54, 1.807) is 23.1 Å². The van der Waals surface area contributed by atoms with Crippen LogP contribution in [0.15, 0.2) is 22.6 Å². The number of nitrogens with two attached hydrogens (primary N) is 1. The van der Waals surface area contributed by atoms with Gasteiger partial charge in [0.25, 0.3) is 5.91 Å². The zero-order valence-electron chi connectivity index (χ0n) is 14.7. The molecule has 2 aliphatic rings. The number of fused-ring (bicyclic) bond motifs is 1. The summed E-state index contributed by atoms with van der Waals surface area (Å²) in [5.74, 6) is -0.824. The number of rotatable bonds is 3. The molecule has 1 aromatic carbocycles. The molecule has 2 aromatic rings. The first kappa shape index (κ1) is 18.1. The predicted molar refractivity (Wildman–Crippen MR) is 101 cm³/mol. The Labute approximate surface area is 161 Å². The largest absolute Gasteiger partial charge is 0.449 e. The number of amides is 3. The number of nitrogens with zero attached hydrogens (tertiary/aromatic N) is 2. The number of urea groups is 1. The molecule has 9 heteroatoms. The number of carbonyl (C=O) groups excluding carboxylic acids is 2. The third-order valence-corrected chi connectivity index (χ3v) is 5.35. The maximum atomic E-state index is 12.8. The number of primary amides is 1. The fourth-order valence-corrected chi connectivity index (χ4v) is 3.89. The Bertz CT molecular complexity index is 878. The van der Waals surface area contributed by atoms with Crippen molar-refractivity contribution >= 4 is 40.2 Å². The predicted octanol–water partition coefficient (Wildman–Crippen LogP) is 2.12. The van der Waals surface area contributed by atoms with Crippen LogP contribution in [0.5, 0.6) is 0 Å². The van der Waals surface area contributed by atoms with Gasteiger partial charge < -0.3 is 25.1 Å². The average molecular weight is 393 g/mol. The Morgan fingerprint density at radius 2 is 2.00 bits per heavy atom. The molecule has 1 aromatic heterocycles. The molecule has 3 amide bonds. The van der Waals surface area contributed by atoms with E-state index < -0.39 is 5.91 Å². The molecular formula is C18H21ClN4O4. The van der Waals surface area contributed by atoms with Gasteiger partial charge in [0.2, 0.25) is 5.76 Å². The number of nitrogens with one attached hydrogen (secondary N) is 1. The van der Waals surface area contributed by atoms with Gasteiger partial charge in [-0.05, 0) is 24.6 Å². The molecule has 0 bridgehead atoms. The molecule has 4 rings (SSSR count). The van der Waals surface area contributed by atoms with Crippen LogP contribution in [0.3, 0.4) is 0 Å². The summed E-state index contributed by atoms with van der Waals surface area (Å²) in [6, 6.07) is 4.98. The van der Waals surface area contributed by atoms with Gasteiger partial charge in [0, 0.05) is 42.6 Å². The second kappa shape index (κ2) is 7.38. The number of morpholine rings is 1. The van der Waals surface area contributed by atoms with Crippen LogP contribution < -0.4 is 11.1 Å². The van der Waals surface area contributed by atoms with E-state index in [9.17, 15) is 9.59 Å². The fraction of sp³-hybridized carbons (Fsp3) is 0.444. The minimum Gasteiger partial charge on any atom is -0.449 e. The molecule has 27 heavy (non-hydrogen) atoms. The molecule has 3 heterocycles. The molecule has 2 saturated heterocycles. The van der Waals surface area contributed by atoms with Gasteiger partial charge in [-0.25, -0.2) is 4.79 Å². The van der Waals surface area contributed by atoms with Crippen LogP contribution in [0.1, 0.15) is 17.0 Å². The van der Waals surface area contributed by atoms with Gasteiger partial charge in [0.05, 0.1) is 13.2 Å². The van der Waals surface area contributed by atoms with Crippen molar-refractivity contribution in [2.24, 2.45) is 5.73 Å². The van der Waals surface area contributed by atoms with Crippen LogP contribution >= 0.6 is 11.6 Å². The third-order valence-electron chi connectivity index (χ3n) is 5.12. The highest BCUT2D eigenvalue weighted by Crippen LogP contribution is 2.33. The van der Waals surface area contributed by atoms with Gasteiger partial charge >= 0.3 is 6.03 Å². The molecule has 2 fully saturated rings. The van der Waals surface area contributed by atoms with Crippen molar-refractivity contribution in [1.29, 1.82) is 0 Å². The Balaban J connectivity index is 1.52. The fourth-order valence-electron chi connectivity index (χ4n) is 3.72. The lowest BCUT2D eigenvalue weighted by molar-refractivity contribution is 0.0192. The van der Waals surface area contributed by atoms with Gasteiger partial charge in [-0.3, -0.25) is 9.69 Å². The maximum Gasteiger partial charge on any atom is 0.322 e. The van der Waals surface area contributed by atoms with E-state index in [0.29, 0.717) is 35.1 Å². The standard InChI is InChI=1S/C18H21ClN4O4/c19-11-1-2-14-13(9-11)15(16(27-14)17(20)24)21-18(25)23-4-3-12(10-23)22-5-7-26-8-6-22/h1-2,9,12H,3-8,10H2,(H2,20,24)(H,21,25)/t12-/m1/s1. The number of halogens is 1. The Hall–Kier alpha value is -2.29. The molecular weight excluding hydrogens is 372 g/mol. The van der Waals surface area contributed by atoms with Crippen molar-refractivity contribution in [3.8, 4) is 0 Å². The molecule has 0 radical (unpaired) electrons. The Kier molecular flexibility index (Phi) is 4.94. The zero-order valence-corrected chi connectivity index (χ0v) is 15.5. The molecule has 0 aliphatic carbocycles. The van der Waals surface area contributed by atoms with Gasteiger partial charge in [-0.1, -0.05) is 11.6 Å². The molecule has 0 unspecified atom stereocenters. The number of benzene rings is 1. The number of carbonyl (C=O) groups is 2. The smallest absolute Gasteiger partial charge is 0.322 e. The minimum absolute atomic E-state index is 0.0791. The average Bonchev–Trinajstić information content (AvgIpc) is 3.28. The Morgan fingerprint density at radius 3 is 2.74 bits per heavy atom. The van der Waals surface area contributed by atoms with Crippen LogP contribution in [0, 0.1) is 0 Å². The molecule has 1 atom stereocenters. The van der Waals surface area contributed by atoms with E-state index in [1.165, 1.54) is 0 Å². The van der Waals surface area contributed by atoms with E-state index >= 15 is 0 Å². The highest BCUT2D eigenvalue weighted by atomic mass is 35.5. The second-order valence-electron chi connectivity index (χ2n) is 6.78. The monoisotopic (exact) mass is 392 g/mol. The van der Waals surface area contributed by atoms with Gasteiger partial charge in [-0.2, -0.15) is 0 Å². The molecule has 8 nitrogen and oxygen atoms in total. The van der Waals surface area contributed by atoms with E-state index in [0.717, 1.165) is 32.7 Å². The highest BCUT2D eigenvalue weighted by molar-refractivity contribution is 6.31. The highest BCUT2D eigenvalue weighted by Gasteiger charge is 2.32. The summed E-state index contributed by atoms with van der Waals surface area (Å²) in [6.07, 6.45) is 0.911. The summed E-state index contributed by atoms with van der Waals surface area (Å²) in [6.45, 7) is 4.51. The lowest BCUT2D eigenvalue weighted by atomic mass is 10.2. The number of hydrogen-bond acceptors (Lipinski definition) is 5. The summed E-state index contributed by atoms with van der Waals surface area (Å²) in [4.78, 5) is 28.6. The summed E-state index contributed by atoms with van der Waals surface area (Å²) < 4.78 is 10.9. The van der Waals surface area contributed by atoms with Crippen molar-refractivity contribution in [3.63, 3.8) is 0 Å². The topological polar surface area (TPSA) is 101 Å². The van der Waals surface area contributed by atoms with Crippen molar-refractivity contribution in [2.75, 3.05) is 44.7 Å². The maximum absolute atomic E-state index is 12.8. The van der Waals surface area contributed by atoms with E-state index in [1.807, 2.05) is 0 Å². The van der Waals surface area contributed by atoms with Crippen molar-refractivity contribution in [2.45, 2.75) is 12.5 Å². The molecule has 2 aliphatic heterocycles.